The summed E-state index contributed by atoms with van der Waals surface area (Å²) in [5, 5.41) is 9.83. The number of amides is 1. The van der Waals surface area contributed by atoms with Gasteiger partial charge in [-0.15, -0.1) is 0 Å². The first-order valence-electron chi connectivity index (χ1n) is 8.68. The van der Waals surface area contributed by atoms with E-state index in [9.17, 15) is 13.2 Å². The van der Waals surface area contributed by atoms with Crippen LogP contribution in [0.2, 0.25) is 10.0 Å². The van der Waals surface area contributed by atoms with Crippen molar-refractivity contribution in [1.82, 2.24) is 9.99 Å². The Hall–Kier alpha value is -2.65. The van der Waals surface area contributed by atoms with Gasteiger partial charge < -0.3 is 4.57 Å². The molecule has 0 saturated heterocycles. The van der Waals surface area contributed by atoms with Gasteiger partial charge in [0, 0.05) is 27.7 Å². The lowest BCUT2D eigenvalue weighted by Gasteiger charge is -2.10. The fourth-order valence-corrected chi connectivity index (χ4v) is 4.00. The number of nitrogens with two attached hydrogens (primary N) is 1. The van der Waals surface area contributed by atoms with Gasteiger partial charge in [-0.1, -0.05) is 23.2 Å². The van der Waals surface area contributed by atoms with E-state index in [4.69, 9.17) is 28.3 Å². The van der Waals surface area contributed by atoms with E-state index in [1.807, 2.05) is 24.5 Å². The molecule has 0 atom stereocenters. The van der Waals surface area contributed by atoms with E-state index in [0.29, 0.717) is 5.02 Å². The minimum atomic E-state index is -3.75. The number of primary sulfonamides is 1. The van der Waals surface area contributed by atoms with E-state index in [2.05, 4.69) is 10.5 Å². The largest absolute Gasteiger partial charge is 0.318 e. The first-order valence-corrected chi connectivity index (χ1v) is 11.0. The Labute approximate surface area is 184 Å². The number of benzene rings is 2. The van der Waals surface area contributed by atoms with Crippen LogP contribution < -0.4 is 10.6 Å². The van der Waals surface area contributed by atoms with E-state index in [1.165, 1.54) is 30.5 Å². The zero-order chi connectivity index (χ0) is 22.1. The van der Waals surface area contributed by atoms with Gasteiger partial charge in [0.2, 0.25) is 10.0 Å². The monoisotopic (exact) mass is 464 g/mol. The maximum Gasteiger partial charge on any atom is 0.272 e. The summed E-state index contributed by atoms with van der Waals surface area (Å²) in [7, 11) is -3.75. The van der Waals surface area contributed by atoms with Crippen LogP contribution in [0.5, 0.6) is 0 Å². The van der Waals surface area contributed by atoms with Crippen molar-refractivity contribution in [3.8, 4) is 5.69 Å². The zero-order valence-corrected chi connectivity index (χ0v) is 18.4. The molecular weight excluding hydrogens is 447 g/mol. The van der Waals surface area contributed by atoms with Gasteiger partial charge in [-0.25, -0.2) is 19.0 Å². The summed E-state index contributed by atoms with van der Waals surface area (Å²) in [6.07, 6.45) is 1.53. The first kappa shape index (κ1) is 22.0. The molecule has 10 heteroatoms. The van der Waals surface area contributed by atoms with E-state index in [1.54, 1.807) is 18.2 Å². The summed E-state index contributed by atoms with van der Waals surface area (Å²) < 4.78 is 24.8. The quantitative estimate of drug-likeness (QED) is 0.442. The molecule has 1 amide bonds. The molecule has 7 nitrogen and oxygen atoms in total. The summed E-state index contributed by atoms with van der Waals surface area (Å²) in [5.41, 5.74) is 6.02. The molecule has 0 aliphatic heterocycles. The van der Waals surface area contributed by atoms with Gasteiger partial charge in [-0.2, -0.15) is 5.10 Å². The van der Waals surface area contributed by atoms with Crippen LogP contribution in [0.25, 0.3) is 5.69 Å². The standard InChI is InChI=1S/C20H18Cl2N4O3S/c1-12-9-14(11-24-25-20(27)18-8-3-15(21)10-19(18)22)13(2)26(12)16-4-6-17(7-5-16)30(23,28)29/h3-11H,1-2H3,(H,25,27)(H2,23,28,29)/b24-11-. The Morgan fingerprint density at radius 2 is 1.77 bits per heavy atom. The van der Waals surface area contributed by atoms with Crippen LogP contribution in [0.15, 0.2) is 58.5 Å². The van der Waals surface area contributed by atoms with Crippen LogP contribution in [0.1, 0.15) is 27.3 Å². The van der Waals surface area contributed by atoms with Crippen molar-refractivity contribution in [2.75, 3.05) is 0 Å². The third-order valence-corrected chi connectivity index (χ3v) is 5.92. The average Bonchev–Trinajstić information content (AvgIpc) is 2.94. The number of hydrazone groups is 1. The molecule has 3 N–H and O–H groups in total. The first-order chi connectivity index (χ1) is 14.1. The molecule has 0 radical (unpaired) electrons. The Bertz CT molecular complexity index is 1250. The van der Waals surface area contributed by atoms with E-state index >= 15 is 0 Å². The predicted octanol–water partition coefficient (Wildman–Crippen LogP) is 3.81. The summed E-state index contributed by atoms with van der Waals surface area (Å²) in [6, 6.07) is 12.7. The molecule has 0 unspecified atom stereocenters. The highest BCUT2D eigenvalue weighted by molar-refractivity contribution is 7.89. The number of rotatable bonds is 5. The molecule has 1 aromatic heterocycles. The van der Waals surface area contributed by atoms with E-state index in [0.717, 1.165) is 22.6 Å². The maximum atomic E-state index is 12.2. The maximum absolute atomic E-state index is 12.2. The molecule has 1 heterocycles. The lowest BCUT2D eigenvalue weighted by Crippen LogP contribution is -2.18. The number of aryl methyl sites for hydroxylation is 1. The van der Waals surface area contributed by atoms with Crippen molar-refractivity contribution in [1.29, 1.82) is 0 Å². The van der Waals surface area contributed by atoms with Crippen LogP contribution in [0, 0.1) is 13.8 Å². The van der Waals surface area contributed by atoms with Gasteiger partial charge in [0.05, 0.1) is 21.7 Å². The highest BCUT2D eigenvalue weighted by Gasteiger charge is 2.13. The van der Waals surface area contributed by atoms with Crippen LogP contribution in [-0.4, -0.2) is 25.1 Å². The van der Waals surface area contributed by atoms with Gasteiger partial charge in [0.1, 0.15) is 0 Å². The van der Waals surface area contributed by atoms with Gasteiger partial charge in [0.25, 0.3) is 5.91 Å². The number of hydrogen-bond acceptors (Lipinski definition) is 4. The number of halogens is 2. The zero-order valence-electron chi connectivity index (χ0n) is 16.1. The number of aromatic nitrogens is 1. The molecule has 0 saturated carbocycles. The van der Waals surface area contributed by atoms with Crippen molar-refractivity contribution >= 4 is 45.3 Å². The SMILES string of the molecule is Cc1cc(/C=N\NC(=O)c2ccc(Cl)cc2Cl)c(C)n1-c1ccc(S(N)(=O)=O)cc1. The van der Waals surface area contributed by atoms with Crippen LogP contribution >= 0.6 is 23.2 Å². The van der Waals surface area contributed by atoms with Crippen LogP contribution in [0.4, 0.5) is 0 Å². The summed E-state index contributed by atoms with van der Waals surface area (Å²) in [6.45, 7) is 3.80. The molecule has 3 aromatic rings. The third-order valence-electron chi connectivity index (χ3n) is 4.44. The summed E-state index contributed by atoms with van der Waals surface area (Å²) in [5.74, 6) is -0.458. The van der Waals surface area contributed by atoms with Crippen molar-refractivity contribution < 1.29 is 13.2 Å². The molecule has 0 bridgehead atoms. The van der Waals surface area contributed by atoms with Gasteiger partial charge in [-0.05, 0) is 62.4 Å². The highest BCUT2D eigenvalue weighted by atomic mass is 35.5. The highest BCUT2D eigenvalue weighted by Crippen LogP contribution is 2.22. The number of sulfonamides is 1. The summed E-state index contributed by atoms with van der Waals surface area (Å²) >= 11 is 11.9. The fourth-order valence-electron chi connectivity index (χ4n) is 2.99. The Kier molecular flexibility index (Phi) is 6.33. The second-order valence-corrected chi connectivity index (χ2v) is 8.93. The molecule has 3 rings (SSSR count). The minimum absolute atomic E-state index is 0.0408. The second-order valence-electron chi connectivity index (χ2n) is 6.52. The van der Waals surface area contributed by atoms with Gasteiger partial charge in [-0.3, -0.25) is 4.79 Å². The Balaban J connectivity index is 1.81. The molecule has 0 spiro atoms. The predicted molar refractivity (Wildman–Crippen MR) is 118 cm³/mol. The average molecular weight is 465 g/mol. The molecule has 0 aliphatic rings. The number of hydrogen-bond donors (Lipinski definition) is 2. The van der Waals surface area contributed by atoms with Crippen LogP contribution in [-0.2, 0) is 10.0 Å². The van der Waals surface area contributed by atoms with Gasteiger partial charge >= 0.3 is 0 Å². The smallest absolute Gasteiger partial charge is 0.272 e. The van der Waals surface area contributed by atoms with Gasteiger partial charge in [0.15, 0.2) is 0 Å². The van der Waals surface area contributed by atoms with E-state index in [-0.39, 0.29) is 15.5 Å². The number of nitrogens with zero attached hydrogens (tertiary/aromatic N) is 2. The normalized spacial score (nSPS) is 11.8. The molecule has 30 heavy (non-hydrogen) atoms. The minimum Gasteiger partial charge on any atom is -0.318 e. The van der Waals surface area contributed by atoms with Crippen LogP contribution in [0.3, 0.4) is 0 Å². The van der Waals surface area contributed by atoms with Crippen molar-refractivity contribution in [3.63, 3.8) is 0 Å². The van der Waals surface area contributed by atoms with E-state index < -0.39 is 15.9 Å². The number of carbonyl (C=O) groups excluding carboxylic acids is 1. The lowest BCUT2D eigenvalue weighted by molar-refractivity contribution is 0.0955. The third kappa shape index (κ3) is 4.73. The number of carbonyl (C=O) groups is 1. The Morgan fingerprint density at radius 1 is 1.10 bits per heavy atom. The second kappa shape index (κ2) is 8.61. The molecule has 2 aromatic carbocycles. The topological polar surface area (TPSA) is 107 Å². The number of nitrogens with one attached hydrogen (secondary N) is 1. The van der Waals surface area contributed by atoms with Crippen molar-refractivity contribution in [3.05, 3.63) is 81.1 Å². The molecule has 0 aliphatic carbocycles. The Morgan fingerprint density at radius 3 is 2.37 bits per heavy atom. The van der Waals surface area contributed by atoms with Crippen molar-refractivity contribution in [2.45, 2.75) is 18.7 Å². The van der Waals surface area contributed by atoms with Crippen molar-refractivity contribution in [2.24, 2.45) is 10.2 Å². The molecule has 156 valence electrons. The lowest BCUT2D eigenvalue weighted by atomic mass is 10.2. The molecule has 0 fully saturated rings. The summed E-state index contributed by atoms with van der Waals surface area (Å²) in [4.78, 5) is 12.3. The molecular formula is C20H18Cl2N4O3S. The fraction of sp³-hybridized carbons (Fsp3) is 0.100.